The van der Waals surface area contributed by atoms with Gasteiger partial charge < -0.3 is 70.4 Å². The third-order valence-corrected chi connectivity index (χ3v) is 13.2. The predicted octanol–water partition coefficient (Wildman–Crippen LogP) is 1.07. The number of nitro groups is 2. The fourth-order valence-electron chi connectivity index (χ4n) is 8.19. The van der Waals surface area contributed by atoms with Gasteiger partial charge >= 0.3 is 0 Å². The van der Waals surface area contributed by atoms with E-state index in [0.29, 0.717) is 56.2 Å². The zero-order valence-electron chi connectivity index (χ0n) is 47.5. The second-order valence-corrected chi connectivity index (χ2v) is 20.3. The van der Waals surface area contributed by atoms with Crippen molar-refractivity contribution in [1.29, 1.82) is 0 Å². The lowest BCUT2D eigenvalue weighted by molar-refractivity contribution is -0.393. The van der Waals surface area contributed by atoms with Crippen LogP contribution >= 0.6 is 0 Å². The van der Waals surface area contributed by atoms with E-state index in [1.165, 1.54) is 6.07 Å². The van der Waals surface area contributed by atoms with Crippen LogP contribution in [0.4, 0.5) is 22.7 Å². The summed E-state index contributed by atoms with van der Waals surface area (Å²) in [6, 6.07) is 2.87. The molecule has 1 unspecified atom stereocenters. The van der Waals surface area contributed by atoms with Gasteiger partial charge in [-0.15, -0.1) is 0 Å². The van der Waals surface area contributed by atoms with Crippen molar-refractivity contribution < 1.29 is 53.0 Å². The third kappa shape index (κ3) is 24.5. The van der Waals surface area contributed by atoms with Crippen LogP contribution in [0.15, 0.2) is 42.5 Å². The van der Waals surface area contributed by atoms with Crippen LogP contribution in [0.25, 0.3) is 0 Å². The van der Waals surface area contributed by atoms with Gasteiger partial charge in [0.15, 0.2) is 0 Å². The quantitative estimate of drug-likeness (QED) is 0.0253. The molecule has 0 aromatic heterocycles. The normalized spacial score (nSPS) is 13.6. The number of anilines is 2. The summed E-state index contributed by atoms with van der Waals surface area (Å²) in [5, 5.41) is 49.9. The molecule has 0 bridgehead atoms. The second kappa shape index (κ2) is 36.3. The lowest BCUT2D eigenvalue weighted by Crippen LogP contribution is -2.61. The molecule has 28 nitrogen and oxygen atoms in total. The Labute approximate surface area is 472 Å². The molecule has 0 fully saturated rings. The van der Waals surface area contributed by atoms with E-state index in [1.54, 1.807) is 65.9 Å². The Kier molecular flexibility index (Phi) is 31.0. The van der Waals surface area contributed by atoms with Crippen LogP contribution in [-0.2, 0) is 38.4 Å². The average Bonchev–Trinajstić information content (AvgIpc) is 3.46. The van der Waals surface area contributed by atoms with E-state index in [-0.39, 0.29) is 69.4 Å². The van der Waals surface area contributed by atoms with E-state index < -0.39 is 123 Å². The maximum absolute atomic E-state index is 14.2. The Balaban J connectivity index is 2.26. The second-order valence-electron chi connectivity index (χ2n) is 20.3. The fraction of sp³-hybridized carbons (Fsp3) is 0.604. The number of benzene rings is 2. The van der Waals surface area contributed by atoms with Gasteiger partial charge in [-0.1, -0.05) is 60.1 Å². The van der Waals surface area contributed by atoms with Gasteiger partial charge in [0.2, 0.25) is 47.3 Å². The first-order valence-corrected chi connectivity index (χ1v) is 27.4. The van der Waals surface area contributed by atoms with Crippen molar-refractivity contribution in [3.63, 3.8) is 0 Å². The van der Waals surface area contributed by atoms with Gasteiger partial charge in [-0.2, -0.15) is 0 Å². The number of nitrogens with zero attached hydrogens (tertiary/aromatic N) is 2. The van der Waals surface area contributed by atoms with Gasteiger partial charge in [-0.05, 0) is 100 Å². The summed E-state index contributed by atoms with van der Waals surface area (Å²) >= 11 is 0. The lowest BCUT2D eigenvalue weighted by atomic mass is 9.96. The van der Waals surface area contributed by atoms with Crippen molar-refractivity contribution in [2.45, 2.75) is 148 Å². The van der Waals surface area contributed by atoms with Crippen molar-refractivity contribution in [2.24, 2.45) is 35.0 Å². The molecule has 450 valence electrons. The molecular weight excluding hydrogens is 1050 g/mol. The number of nitrogens with one attached hydrogen (secondary N) is 10. The summed E-state index contributed by atoms with van der Waals surface area (Å²) in [5.41, 5.74) is 17.6. The van der Waals surface area contributed by atoms with Crippen molar-refractivity contribution in [1.82, 2.24) is 42.5 Å². The number of primary amides is 1. The number of para-hydroxylation sites is 1. The summed E-state index contributed by atoms with van der Waals surface area (Å²) in [4.78, 5) is 141. The van der Waals surface area contributed by atoms with Crippen molar-refractivity contribution >= 4 is 75.9 Å². The van der Waals surface area contributed by atoms with Gasteiger partial charge in [0.1, 0.15) is 35.9 Å². The first-order chi connectivity index (χ1) is 38.4. The van der Waals surface area contributed by atoms with Gasteiger partial charge in [0.25, 0.3) is 17.3 Å². The van der Waals surface area contributed by atoms with Crippen LogP contribution < -0.4 is 70.4 Å². The first kappa shape index (κ1) is 69.1. The predicted molar refractivity (Wildman–Crippen MR) is 304 cm³/mol. The first-order valence-electron chi connectivity index (χ1n) is 27.4. The molecule has 16 N–H and O–H groups in total. The zero-order valence-corrected chi connectivity index (χ0v) is 47.5. The van der Waals surface area contributed by atoms with Gasteiger partial charge in [0, 0.05) is 44.9 Å². The van der Waals surface area contributed by atoms with Crippen molar-refractivity contribution in [3.05, 3.63) is 68.3 Å². The zero-order chi connectivity index (χ0) is 60.8. The Morgan fingerprint density at radius 2 is 1.15 bits per heavy atom. The van der Waals surface area contributed by atoms with E-state index in [1.807, 2.05) is 6.92 Å². The minimum atomic E-state index is -1.40. The summed E-state index contributed by atoms with van der Waals surface area (Å²) in [5.74, 6) is -7.50. The molecule has 9 amide bonds. The number of hydrogen-bond acceptors (Lipinski definition) is 17. The largest absolute Gasteiger partial charge is 0.387 e. The van der Waals surface area contributed by atoms with Crippen LogP contribution in [0.1, 0.15) is 123 Å². The van der Waals surface area contributed by atoms with Crippen LogP contribution in [0.5, 0.6) is 0 Å². The van der Waals surface area contributed by atoms with E-state index in [2.05, 4.69) is 53.2 Å². The molecule has 81 heavy (non-hydrogen) atoms. The minimum absolute atomic E-state index is 0.0756. The highest BCUT2D eigenvalue weighted by Gasteiger charge is 2.36. The number of carbonyl (C=O) groups is 9. The monoisotopic (exact) mass is 1140 g/mol. The molecule has 0 heterocycles. The van der Waals surface area contributed by atoms with E-state index in [9.17, 15) is 63.4 Å². The number of non-ortho nitro benzene ring substituents is 1. The molecule has 7 atom stereocenters. The number of nitro benzene ring substituents is 2. The highest BCUT2D eigenvalue weighted by atomic mass is 16.6. The topological polar surface area (TPSA) is 438 Å². The lowest BCUT2D eigenvalue weighted by Gasteiger charge is -2.30. The highest BCUT2D eigenvalue weighted by Crippen LogP contribution is 2.29. The highest BCUT2D eigenvalue weighted by molar-refractivity contribution is 6.00. The Morgan fingerprint density at radius 1 is 0.593 bits per heavy atom. The molecule has 28 heteroatoms. The smallest absolute Gasteiger partial charge is 0.299 e. The number of carbonyl (C=O) groups excluding carboxylic acids is 9. The van der Waals surface area contributed by atoms with E-state index in [0.717, 1.165) is 12.1 Å². The van der Waals surface area contributed by atoms with Gasteiger partial charge in [-0.25, -0.2) is 0 Å². The van der Waals surface area contributed by atoms with Crippen molar-refractivity contribution in [2.75, 3.05) is 50.4 Å². The molecule has 0 saturated carbocycles. The summed E-state index contributed by atoms with van der Waals surface area (Å²) in [6.07, 6.45) is 2.73. The van der Waals surface area contributed by atoms with Crippen LogP contribution in [0.3, 0.4) is 0 Å². The summed E-state index contributed by atoms with van der Waals surface area (Å²) in [6.45, 7) is 10.7. The molecule has 0 aliphatic rings. The maximum atomic E-state index is 14.2. The molecular formula is C53H85N15O13. The van der Waals surface area contributed by atoms with Gasteiger partial charge in [-0.3, -0.25) is 63.4 Å². The number of unbranched alkanes of at least 4 members (excludes halogenated alkanes) is 3. The van der Waals surface area contributed by atoms with E-state index in [4.69, 9.17) is 17.2 Å². The molecule has 2 aromatic carbocycles. The third-order valence-electron chi connectivity index (χ3n) is 13.2. The Bertz CT molecular complexity index is 2460. The van der Waals surface area contributed by atoms with Crippen LogP contribution in [-0.4, -0.2) is 139 Å². The fourth-order valence-corrected chi connectivity index (χ4v) is 8.19. The molecule has 0 aliphatic carbocycles. The SMILES string of the molecule is CCC(C)[C@H](NC(=O)[C@@H](NC(=O)[C@H](CCCCN)NC(=O)[C@@H](NC(=O)[C@H](CCC(=O)NCCCCNc1ccc([N+](=O)[O-])cc1[N+](=O)[O-])NC(=O)[C@@H](N)CCCCNC(=O)c1ccccc1NC)C(C)C)C(C)C)C(=O)NCC(N)=O. The maximum Gasteiger partial charge on any atom is 0.299 e. The number of hydrogen-bond donors (Lipinski definition) is 13. The number of nitrogens with two attached hydrogens (primary N) is 3. The van der Waals surface area contributed by atoms with Crippen LogP contribution in [0, 0.1) is 38.0 Å². The van der Waals surface area contributed by atoms with Gasteiger partial charge in [0.05, 0.1) is 34.1 Å². The standard InChI is InChI=1S/C53H85N15O13/c1-8-33(6)46(51(75)61-30-42(56)69)66-53(77)45(32(4)5)65-49(73)39(20-11-13-25-54)63-52(76)44(31(2)3)64-50(74)40(62-48(72)36(55)18-12-14-28-60-47(71)35-17-9-10-19-37(35)57-7)23-24-43(70)59-27-16-15-26-58-38-22-21-34(67(78)79)29-41(38)68(80)81/h9-10,17,19,21-22,29,31-33,36,39-40,44-46,57-58H,8,11-16,18,20,23-28,30,54-55H2,1-7H3,(H2,56,69)(H,59,70)(H,60,71)(H,61,75)(H,62,72)(H,63,76)(H,64,74)(H,65,73)(H,66,77)/t33?,36-,39-,40-,44-,45-,46-/m0/s1. The Morgan fingerprint density at radius 3 is 1.73 bits per heavy atom. The Hall–Kier alpha value is -8.01. The number of amides is 9. The van der Waals surface area contributed by atoms with E-state index >= 15 is 0 Å². The molecule has 0 aliphatic heterocycles. The van der Waals surface area contributed by atoms with Crippen LogP contribution in [0.2, 0.25) is 0 Å². The molecule has 0 radical (unpaired) electrons. The molecule has 0 spiro atoms. The molecule has 2 rings (SSSR count). The summed E-state index contributed by atoms with van der Waals surface area (Å²) < 4.78 is 0. The minimum Gasteiger partial charge on any atom is -0.387 e. The number of rotatable bonds is 39. The molecule has 0 saturated heterocycles. The van der Waals surface area contributed by atoms with Crippen molar-refractivity contribution in [3.8, 4) is 0 Å². The summed E-state index contributed by atoms with van der Waals surface area (Å²) in [7, 11) is 1.70. The molecule has 2 aromatic rings. The average molecular weight is 1140 g/mol.